The number of rotatable bonds is 2. The fourth-order valence-corrected chi connectivity index (χ4v) is 2.45. The van der Waals surface area contributed by atoms with Gasteiger partial charge in [0.15, 0.2) is 0 Å². The van der Waals surface area contributed by atoms with Gasteiger partial charge in [-0.25, -0.2) is 14.6 Å². The zero-order valence-electron chi connectivity index (χ0n) is 14.1. The van der Waals surface area contributed by atoms with Crippen molar-refractivity contribution in [2.24, 2.45) is 7.05 Å². The molecule has 3 rings (SSSR count). The zero-order chi connectivity index (χ0) is 17.5. The Hall–Kier alpha value is -2.89. The second-order valence-corrected chi connectivity index (χ2v) is 6.65. The highest BCUT2D eigenvalue weighted by molar-refractivity contribution is 5.90. The van der Waals surface area contributed by atoms with Gasteiger partial charge in [-0.3, -0.25) is 4.57 Å². The van der Waals surface area contributed by atoms with Crippen LogP contribution in [0.25, 0.3) is 22.2 Å². The van der Waals surface area contributed by atoms with E-state index in [1.807, 2.05) is 45.0 Å². The van der Waals surface area contributed by atoms with Crippen molar-refractivity contribution in [2.75, 3.05) is 0 Å². The first kappa shape index (κ1) is 16.0. The van der Waals surface area contributed by atoms with E-state index in [-0.39, 0.29) is 11.4 Å². The maximum atomic E-state index is 12.2. The molecule has 0 fully saturated rings. The van der Waals surface area contributed by atoms with Gasteiger partial charge in [0.25, 0.3) is 0 Å². The summed E-state index contributed by atoms with van der Waals surface area (Å²) in [6, 6.07) is 9.16. The van der Waals surface area contributed by atoms with E-state index in [1.54, 1.807) is 23.9 Å². The number of nitrogens with zero attached hydrogens (tertiary/aromatic N) is 2. The number of nitrogens with one attached hydrogen (secondary N) is 1. The van der Waals surface area contributed by atoms with Crippen LogP contribution in [0.1, 0.15) is 31.3 Å². The van der Waals surface area contributed by atoms with Crippen LogP contribution < -0.4 is 5.69 Å². The lowest BCUT2D eigenvalue weighted by Crippen LogP contribution is -2.24. The summed E-state index contributed by atoms with van der Waals surface area (Å²) in [5.41, 5.74) is 2.82. The number of hydrogen-bond donors (Lipinski definition) is 1. The molecule has 0 aliphatic rings. The van der Waals surface area contributed by atoms with Crippen molar-refractivity contribution in [2.45, 2.75) is 26.4 Å². The predicted molar refractivity (Wildman–Crippen MR) is 91.9 cm³/mol. The van der Waals surface area contributed by atoms with Crippen LogP contribution in [0.5, 0.6) is 0 Å². The molecule has 0 spiro atoms. The van der Waals surface area contributed by atoms with Gasteiger partial charge in [0.1, 0.15) is 11.3 Å². The third kappa shape index (κ3) is 3.08. The minimum atomic E-state index is -0.572. The van der Waals surface area contributed by atoms with E-state index in [4.69, 9.17) is 4.74 Å². The summed E-state index contributed by atoms with van der Waals surface area (Å²) in [5.74, 6) is -0.459. The van der Waals surface area contributed by atoms with Crippen LogP contribution in [0.2, 0.25) is 0 Å². The quantitative estimate of drug-likeness (QED) is 0.735. The van der Waals surface area contributed by atoms with Crippen molar-refractivity contribution in [3.05, 3.63) is 52.7 Å². The Morgan fingerprint density at radius 1 is 1.17 bits per heavy atom. The number of carbonyl (C=O) groups is 1. The van der Waals surface area contributed by atoms with Gasteiger partial charge in [0, 0.05) is 13.2 Å². The molecule has 6 heteroatoms. The summed E-state index contributed by atoms with van der Waals surface area (Å²) in [6.07, 6.45) is 1.58. The normalized spacial score (nSPS) is 11.7. The number of H-pyrrole nitrogens is 1. The number of imidazole rings is 1. The van der Waals surface area contributed by atoms with Gasteiger partial charge in [-0.15, -0.1) is 0 Å². The summed E-state index contributed by atoms with van der Waals surface area (Å²) in [6.45, 7) is 5.44. The molecule has 124 valence electrons. The highest BCUT2D eigenvalue weighted by atomic mass is 16.6. The number of carbonyl (C=O) groups excluding carboxylic acids is 1. The highest BCUT2D eigenvalue weighted by Gasteiger charge is 2.19. The van der Waals surface area contributed by atoms with Gasteiger partial charge in [-0.2, -0.15) is 0 Å². The monoisotopic (exact) mass is 325 g/mol. The van der Waals surface area contributed by atoms with Gasteiger partial charge < -0.3 is 9.72 Å². The molecule has 0 atom stereocenters. The van der Waals surface area contributed by atoms with Crippen molar-refractivity contribution in [1.82, 2.24) is 14.5 Å². The van der Waals surface area contributed by atoms with E-state index in [0.29, 0.717) is 0 Å². The summed E-state index contributed by atoms with van der Waals surface area (Å²) in [5, 5.41) is 0. The number of benzene rings is 1. The lowest BCUT2D eigenvalue weighted by molar-refractivity contribution is 0.00629. The number of pyridine rings is 1. The Bertz CT molecular complexity index is 977. The molecule has 0 bridgehead atoms. The number of aromatic nitrogens is 3. The average molecular weight is 325 g/mol. The Balaban J connectivity index is 2.01. The Morgan fingerprint density at radius 3 is 2.58 bits per heavy atom. The second-order valence-electron chi connectivity index (χ2n) is 6.65. The number of aryl methyl sites for hydroxylation is 1. The largest absolute Gasteiger partial charge is 0.455 e. The van der Waals surface area contributed by atoms with E-state index >= 15 is 0 Å². The minimum absolute atomic E-state index is 0.161. The van der Waals surface area contributed by atoms with Crippen molar-refractivity contribution in [3.8, 4) is 11.1 Å². The Labute approximate surface area is 139 Å². The summed E-state index contributed by atoms with van der Waals surface area (Å²) < 4.78 is 6.91. The number of fused-ring (bicyclic) bond motifs is 1. The summed E-state index contributed by atoms with van der Waals surface area (Å²) in [7, 11) is 1.71. The fraction of sp³-hybridized carbons (Fsp3) is 0.278. The number of hydrogen-bond acceptors (Lipinski definition) is 4. The molecule has 1 aromatic carbocycles. The maximum Gasteiger partial charge on any atom is 0.357 e. The van der Waals surface area contributed by atoms with Crippen molar-refractivity contribution in [1.29, 1.82) is 0 Å². The second kappa shape index (κ2) is 5.63. The van der Waals surface area contributed by atoms with Crippen LogP contribution in [0, 0.1) is 0 Å². The zero-order valence-corrected chi connectivity index (χ0v) is 14.1. The first-order valence-corrected chi connectivity index (χ1v) is 7.63. The highest BCUT2D eigenvalue weighted by Crippen LogP contribution is 2.24. The third-order valence-corrected chi connectivity index (χ3v) is 3.61. The first-order valence-electron chi connectivity index (χ1n) is 7.63. The molecular formula is C18H19N3O3. The summed E-state index contributed by atoms with van der Waals surface area (Å²) in [4.78, 5) is 30.8. The molecule has 6 nitrogen and oxygen atoms in total. The molecule has 0 aliphatic heterocycles. The lowest BCUT2D eigenvalue weighted by atomic mass is 10.1. The fourth-order valence-electron chi connectivity index (χ4n) is 2.45. The average Bonchev–Trinajstić information content (AvgIpc) is 2.80. The molecule has 0 radical (unpaired) electrons. The SMILES string of the molecule is Cn1c(=O)[nH]c2ccc(-c3ccnc(C(=O)OC(C)(C)C)c3)cc21. The smallest absolute Gasteiger partial charge is 0.357 e. The van der Waals surface area contributed by atoms with E-state index in [9.17, 15) is 9.59 Å². The van der Waals surface area contributed by atoms with Crippen LogP contribution >= 0.6 is 0 Å². The molecule has 0 amide bonds. The predicted octanol–water partition coefficient (Wildman–Crippen LogP) is 2.88. The topological polar surface area (TPSA) is 77.0 Å². The molecule has 0 unspecified atom stereocenters. The third-order valence-electron chi connectivity index (χ3n) is 3.61. The van der Waals surface area contributed by atoms with Crippen LogP contribution in [0.3, 0.4) is 0 Å². The van der Waals surface area contributed by atoms with Crippen molar-refractivity contribution in [3.63, 3.8) is 0 Å². The molecule has 0 aliphatic carbocycles. The van der Waals surface area contributed by atoms with Crippen LogP contribution in [-0.4, -0.2) is 26.1 Å². The standard InChI is InChI=1S/C18H19N3O3/c1-18(2,3)24-16(22)14-9-12(7-8-19-14)11-5-6-13-15(10-11)21(4)17(23)20-13/h5-10H,1-4H3,(H,20,23). The van der Waals surface area contributed by atoms with Gasteiger partial charge in [-0.1, -0.05) is 6.07 Å². The number of ether oxygens (including phenoxy) is 1. The molecule has 3 aromatic rings. The van der Waals surface area contributed by atoms with Crippen LogP contribution in [-0.2, 0) is 11.8 Å². The Kier molecular flexibility index (Phi) is 3.75. The van der Waals surface area contributed by atoms with Gasteiger partial charge in [-0.05, 0) is 56.2 Å². The molecule has 0 saturated heterocycles. The first-order chi connectivity index (χ1) is 11.2. The van der Waals surface area contributed by atoms with E-state index in [0.717, 1.165) is 22.2 Å². The molecule has 0 saturated carbocycles. The van der Waals surface area contributed by atoms with Crippen LogP contribution in [0.15, 0.2) is 41.3 Å². The van der Waals surface area contributed by atoms with E-state index in [1.165, 1.54) is 0 Å². The van der Waals surface area contributed by atoms with E-state index in [2.05, 4.69) is 9.97 Å². The van der Waals surface area contributed by atoms with Gasteiger partial charge in [0.2, 0.25) is 0 Å². The Morgan fingerprint density at radius 2 is 1.88 bits per heavy atom. The molecule has 1 N–H and O–H groups in total. The van der Waals surface area contributed by atoms with Crippen molar-refractivity contribution < 1.29 is 9.53 Å². The minimum Gasteiger partial charge on any atom is -0.455 e. The van der Waals surface area contributed by atoms with Gasteiger partial charge >= 0.3 is 11.7 Å². The lowest BCUT2D eigenvalue weighted by Gasteiger charge is -2.19. The molecule has 2 heterocycles. The molecular weight excluding hydrogens is 306 g/mol. The van der Waals surface area contributed by atoms with E-state index < -0.39 is 11.6 Å². The van der Waals surface area contributed by atoms with Crippen molar-refractivity contribution >= 4 is 17.0 Å². The number of esters is 1. The molecule has 24 heavy (non-hydrogen) atoms. The maximum absolute atomic E-state index is 12.2. The molecule has 2 aromatic heterocycles. The number of aromatic amines is 1. The van der Waals surface area contributed by atoms with Gasteiger partial charge in [0.05, 0.1) is 11.0 Å². The van der Waals surface area contributed by atoms with Crippen LogP contribution in [0.4, 0.5) is 0 Å². The summed E-state index contributed by atoms with van der Waals surface area (Å²) >= 11 is 0.